The minimum absolute atomic E-state index is 0.00630. The van der Waals surface area contributed by atoms with E-state index in [0.717, 1.165) is 35.0 Å². The molecule has 4 nitrogen and oxygen atoms in total. The zero-order valence-electron chi connectivity index (χ0n) is 9.59. The third kappa shape index (κ3) is 3.28. The van der Waals surface area contributed by atoms with Crippen LogP contribution >= 0.6 is 11.8 Å². The second-order valence-electron chi connectivity index (χ2n) is 3.87. The molecule has 0 fully saturated rings. The highest BCUT2D eigenvalue weighted by molar-refractivity contribution is 7.99. The summed E-state index contributed by atoms with van der Waals surface area (Å²) in [6, 6.07) is 5.81. The number of ether oxygens (including phenoxy) is 2. The molecule has 0 saturated carbocycles. The molecule has 1 atom stereocenters. The van der Waals surface area contributed by atoms with Gasteiger partial charge in [-0.2, -0.15) is 11.8 Å². The fourth-order valence-electron chi connectivity index (χ4n) is 1.62. The van der Waals surface area contributed by atoms with Crippen molar-refractivity contribution in [2.24, 2.45) is 5.73 Å². The van der Waals surface area contributed by atoms with Crippen LogP contribution < -0.4 is 15.2 Å². The van der Waals surface area contributed by atoms with Crippen molar-refractivity contribution in [2.75, 3.05) is 24.9 Å². The van der Waals surface area contributed by atoms with Crippen molar-refractivity contribution in [1.82, 2.24) is 0 Å². The van der Waals surface area contributed by atoms with Gasteiger partial charge in [0.1, 0.15) is 0 Å². The van der Waals surface area contributed by atoms with Gasteiger partial charge in [0.05, 0.1) is 0 Å². The zero-order valence-corrected chi connectivity index (χ0v) is 10.4. The van der Waals surface area contributed by atoms with Crippen molar-refractivity contribution < 1.29 is 14.6 Å². The minimum atomic E-state index is -0.00630. The van der Waals surface area contributed by atoms with Crippen LogP contribution in [-0.2, 0) is 0 Å². The van der Waals surface area contributed by atoms with Crippen molar-refractivity contribution in [1.29, 1.82) is 0 Å². The Balaban J connectivity index is 1.88. The molecule has 2 rings (SSSR count). The number of rotatable bonds is 6. The van der Waals surface area contributed by atoms with Gasteiger partial charge in [0.25, 0.3) is 0 Å². The van der Waals surface area contributed by atoms with E-state index >= 15 is 0 Å². The fourth-order valence-corrected chi connectivity index (χ4v) is 2.56. The maximum atomic E-state index is 8.68. The summed E-state index contributed by atoms with van der Waals surface area (Å²) in [5.74, 6) is 3.35. The standard InChI is InChI=1S/C12H17NO3S/c13-10(7-17-5-1-4-14)9-2-3-11-12(6-9)16-8-15-11/h2-3,6,10,14H,1,4-5,7-8,13H2. The first kappa shape index (κ1) is 12.5. The molecule has 0 radical (unpaired) electrons. The predicted molar refractivity (Wildman–Crippen MR) is 68.5 cm³/mol. The molecule has 1 aromatic rings. The van der Waals surface area contributed by atoms with Gasteiger partial charge in [-0.15, -0.1) is 0 Å². The summed E-state index contributed by atoms with van der Waals surface area (Å²) in [4.78, 5) is 0. The number of fused-ring (bicyclic) bond motifs is 1. The third-order valence-electron chi connectivity index (χ3n) is 2.57. The van der Waals surface area contributed by atoms with E-state index in [-0.39, 0.29) is 12.6 Å². The Labute approximate surface area is 105 Å². The smallest absolute Gasteiger partial charge is 0.231 e. The van der Waals surface area contributed by atoms with Gasteiger partial charge in [0, 0.05) is 18.4 Å². The number of nitrogens with two attached hydrogens (primary N) is 1. The first-order valence-corrected chi connectivity index (χ1v) is 6.80. The number of hydrogen-bond donors (Lipinski definition) is 2. The number of hydrogen-bond acceptors (Lipinski definition) is 5. The molecule has 5 heteroatoms. The third-order valence-corrected chi connectivity index (χ3v) is 3.74. The molecule has 17 heavy (non-hydrogen) atoms. The van der Waals surface area contributed by atoms with Gasteiger partial charge in [-0.1, -0.05) is 6.07 Å². The van der Waals surface area contributed by atoms with E-state index in [1.54, 1.807) is 11.8 Å². The predicted octanol–water partition coefficient (Wildman–Crippen LogP) is 1.53. The van der Waals surface area contributed by atoms with Crippen molar-refractivity contribution in [3.8, 4) is 11.5 Å². The van der Waals surface area contributed by atoms with E-state index in [0.29, 0.717) is 6.79 Å². The van der Waals surface area contributed by atoms with Crippen LogP contribution in [0, 0.1) is 0 Å². The summed E-state index contributed by atoms with van der Waals surface area (Å²) in [6.45, 7) is 0.533. The van der Waals surface area contributed by atoms with Crippen molar-refractivity contribution >= 4 is 11.8 Å². The monoisotopic (exact) mass is 255 g/mol. The molecule has 1 aromatic carbocycles. The molecule has 0 aromatic heterocycles. The van der Waals surface area contributed by atoms with Crippen LogP contribution in [0.15, 0.2) is 18.2 Å². The molecule has 0 saturated heterocycles. The quantitative estimate of drug-likeness (QED) is 0.755. The Morgan fingerprint density at radius 1 is 1.35 bits per heavy atom. The van der Waals surface area contributed by atoms with Crippen molar-refractivity contribution in [2.45, 2.75) is 12.5 Å². The molecule has 1 unspecified atom stereocenters. The summed E-state index contributed by atoms with van der Waals surface area (Å²) >= 11 is 1.76. The first-order valence-electron chi connectivity index (χ1n) is 5.65. The lowest BCUT2D eigenvalue weighted by Gasteiger charge is -2.12. The maximum Gasteiger partial charge on any atom is 0.231 e. The summed E-state index contributed by atoms with van der Waals surface area (Å²) in [5.41, 5.74) is 7.15. The number of aliphatic hydroxyl groups is 1. The van der Waals surface area contributed by atoms with Gasteiger partial charge in [-0.3, -0.25) is 0 Å². The van der Waals surface area contributed by atoms with Crippen LogP contribution in [0.3, 0.4) is 0 Å². The number of aliphatic hydroxyl groups excluding tert-OH is 1. The Morgan fingerprint density at radius 2 is 2.18 bits per heavy atom. The molecule has 0 aliphatic carbocycles. The average molecular weight is 255 g/mol. The molecule has 0 spiro atoms. The molecule has 1 heterocycles. The van der Waals surface area contributed by atoms with E-state index in [2.05, 4.69) is 0 Å². The number of thioether (sulfide) groups is 1. The molecule has 0 amide bonds. The van der Waals surface area contributed by atoms with Gasteiger partial charge >= 0.3 is 0 Å². The molecule has 1 aliphatic heterocycles. The Morgan fingerprint density at radius 3 is 3.00 bits per heavy atom. The lowest BCUT2D eigenvalue weighted by molar-refractivity contribution is 0.174. The fraction of sp³-hybridized carbons (Fsp3) is 0.500. The average Bonchev–Trinajstić information content (AvgIpc) is 2.81. The van der Waals surface area contributed by atoms with Crippen LogP contribution in [0.4, 0.5) is 0 Å². The van der Waals surface area contributed by atoms with E-state index in [1.807, 2.05) is 18.2 Å². The van der Waals surface area contributed by atoms with Gasteiger partial charge in [-0.05, 0) is 29.9 Å². The Kier molecular flexibility index (Phi) is 4.53. The highest BCUT2D eigenvalue weighted by Crippen LogP contribution is 2.34. The highest BCUT2D eigenvalue weighted by Gasteiger charge is 2.15. The van der Waals surface area contributed by atoms with Gasteiger partial charge in [-0.25, -0.2) is 0 Å². The van der Waals surface area contributed by atoms with Gasteiger partial charge < -0.3 is 20.3 Å². The maximum absolute atomic E-state index is 8.68. The van der Waals surface area contributed by atoms with Crippen LogP contribution in [0.25, 0.3) is 0 Å². The summed E-state index contributed by atoms with van der Waals surface area (Å²) in [7, 11) is 0. The molecule has 0 bridgehead atoms. The van der Waals surface area contributed by atoms with Gasteiger partial charge in [0.2, 0.25) is 6.79 Å². The summed E-state index contributed by atoms with van der Waals surface area (Å²) < 4.78 is 10.6. The first-order chi connectivity index (χ1) is 8.31. The van der Waals surface area contributed by atoms with E-state index in [9.17, 15) is 0 Å². The van der Waals surface area contributed by atoms with E-state index in [4.69, 9.17) is 20.3 Å². The van der Waals surface area contributed by atoms with Crippen molar-refractivity contribution in [3.05, 3.63) is 23.8 Å². The van der Waals surface area contributed by atoms with Crippen molar-refractivity contribution in [3.63, 3.8) is 0 Å². The topological polar surface area (TPSA) is 64.7 Å². The zero-order chi connectivity index (χ0) is 12.1. The molecular weight excluding hydrogens is 238 g/mol. The van der Waals surface area contributed by atoms with E-state index in [1.165, 1.54) is 0 Å². The van der Waals surface area contributed by atoms with Crippen LogP contribution in [0.1, 0.15) is 18.0 Å². The number of benzene rings is 1. The SMILES string of the molecule is NC(CSCCCO)c1ccc2c(c1)OCO2. The second-order valence-corrected chi connectivity index (χ2v) is 5.02. The largest absolute Gasteiger partial charge is 0.454 e. The summed E-state index contributed by atoms with van der Waals surface area (Å²) in [6.07, 6.45) is 0.818. The molecular formula is C12H17NO3S. The lowest BCUT2D eigenvalue weighted by atomic mass is 10.1. The normalized spacial score (nSPS) is 14.9. The Hall–Kier alpha value is -0.910. The van der Waals surface area contributed by atoms with Gasteiger partial charge in [0.15, 0.2) is 11.5 Å². The van der Waals surface area contributed by atoms with Crippen LogP contribution in [0.2, 0.25) is 0 Å². The van der Waals surface area contributed by atoms with Crippen LogP contribution in [-0.4, -0.2) is 30.0 Å². The highest BCUT2D eigenvalue weighted by atomic mass is 32.2. The molecule has 94 valence electrons. The van der Waals surface area contributed by atoms with Crippen LogP contribution in [0.5, 0.6) is 11.5 Å². The minimum Gasteiger partial charge on any atom is -0.454 e. The Bertz CT molecular complexity index is 373. The summed E-state index contributed by atoms with van der Waals surface area (Å²) in [5, 5.41) is 8.68. The van der Waals surface area contributed by atoms with E-state index < -0.39 is 0 Å². The lowest BCUT2D eigenvalue weighted by Crippen LogP contribution is -2.13. The second kappa shape index (κ2) is 6.14. The molecule has 3 N–H and O–H groups in total. The molecule has 1 aliphatic rings.